The van der Waals surface area contributed by atoms with Crippen LogP contribution in [0.5, 0.6) is 0 Å². The largest absolute Gasteiger partial charge is 0.462 e. The van der Waals surface area contributed by atoms with Gasteiger partial charge in [0.2, 0.25) is 0 Å². The average molecular weight is 897 g/mol. The lowest BCUT2D eigenvalue weighted by molar-refractivity contribution is -0.264. The van der Waals surface area contributed by atoms with Gasteiger partial charge in [-0.25, -0.2) is 14.4 Å². The molecule has 3 N–H and O–H groups in total. The minimum absolute atomic E-state index is 0.0590. The fourth-order valence-corrected chi connectivity index (χ4v) is 13.9. The van der Waals surface area contributed by atoms with Crippen LogP contribution in [0.4, 0.5) is 0 Å². The molecule has 12 atom stereocenters. The van der Waals surface area contributed by atoms with Crippen molar-refractivity contribution >= 4 is 36.1 Å². The molecule has 3 aromatic rings. The van der Waals surface area contributed by atoms with E-state index in [0.717, 1.165) is 47.9 Å². The van der Waals surface area contributed by atoms with Crippen molar-refractivity contribution < 1.29 is 43.9 Å². The van der Waals surface area contributed by atoms with Gasteiger partial charge < -0.3 is 29.5 Å². The predicted octanol–water partition coefficient (Wildman–Crippen LogP) is 9.82. The van der Waals surface area contributed by atoms with Crippen LogP contribution in [0.2, 0.25) is 0 Å². The Kier molecular flexibility index (Phi) is 13.1. The van der Waals surface area contributed by atoms with Crippen molar-refractivity contribution in [2.45, 2.75) is 111 Å². The number of fused-ring (bicyclic) bond motifs is 7. The Balaban J connectivity index is 1.13. The van der Waals surface area contributed by atoms with Crippen LogP contribution in [0.1, 0.15) is 103 Å². The highest BCUT2D eigenvalue weighted by Crippen LogP contribution is 2.76. The zero-order chi connectivity index (χ0) is 47.1. The molecule has 4 fully saturated rings. The topological polar surface area (TPSA) is 140 Å². The molecule has 9 nitrogen and oxygen atoms in total. The number of esters is 3. The van der Waals surface area contributed by atoms with Crippen LogP contribution in [0.25, 0.3) is 18.2 Å². The van der Waals surface area contributed by atoms with Crippen LogP contribution in [0, 0.1) is 50.2 Å². The Morgan fingerprint density at radius 3 is 1.68 bits per heavy atom. The second-order valence-electron chi connectivity index (χ2n) is 21.7. The number of aliphatic hydroxyl groups excluding tert-OH is 3. The number of hydrogen-bond acceptors (Lipinski definition) is 9. The van der Waals surface area contributed by atoms with Crippen LogP contribution >= 0.6 is 0 Å². The third-order valence-corrected chi connectivity index (χ3v) is 17.8. The van der Waals surface area contributed by atoms with Gasteiger partial charge in [0.1, 0.15) is 12.7 Å². The minimum Gasteiger partial charge on any atom is -0.462 e. The van der Waals surface area contributed by atoms with Gasteiger partial charge in [-0.1, -0.05) is 144 Å². The SMILES string of the molecule is CC1(C)CC2C3=CCC4[C@@]5(C)CC[C@H](O)[C@](C)(COC(=O)C=Cc6ccccc6)C5CC[C@@]4(C)[C@]3(C)C[C@@H](O)[C@@]2(COC(=O)C=Cc2ccccc2)[C@@H](OC(=O)C=Cc2ccccc2)[C@@H]1O. The van der Waals surface area contributed by atoms with Gasteiger partial charge in [0.05, 0.1) is 30.3 Å². The van der Waals surface area contributed by atoms with Gasteiger partial charge in [-0.15, -0.1) is 0 Å². The third-order valence-electron chi connectivity index (χ3n) is 17.8. The Labute approximate surface area is 390 Å². The van der Waals surface area contributed by atoms with Crippen LogP contribution in [-0.2, 0) is 28.6 Å². The molecule has 0 amide bonds. The lowest BCUT2D eigenvalue weighted by Crippen LogP contribution is -2.72. The molecular formula is C57H68O9. The summed E-state index contributed by atoms with van der Waals surface area (Å²) in [6.07, 6.45) is 12.0. The van der Waals surface area contributed by atoms with E-state index < -0.39 is 69.9 Å². The van der Waals surface area contributed by atoms with Crippen LogP contribution in [0.3, 0.4) is 0 Å². The van der Waals surface area contributed by atoms with Crippen molar-refractivity contribution in [3.63, 3.8) is 0 Å². The van der Waals surface area contributed by atoms with E-state index in [1.807, 2.05) is 105 Å². The highest BCUT2D eigenvalue weighted by atomic mass is 16.6. The Morgan fingerprint density at radius 2 is 1.14 bits per heavy atom. The van der Waals surface area contributed by atoms with Gasteiger partial charge in [0.15, 0.2) is 0 Å². The van der Waals surface area contributed by atoms with E-state index in [2.05, 4.69) is 33.8 Å². The maximum atomic E-state index is 13.9. The van der Waals surface area contributed by atoms with Gasteiger partial charge in [0, 0.05) is 23.6 Å². The maximum absolute atomic E-state index is 13.9. The summed E-state index contributed by atoms with van der Waals surface area (Å²) in [5, 5.41) is 37.2. The van der Waals surface area contributed by atoms with Crippen molar-refractivity contribution in [1.82, 2.24) is 0 Å². The summed E-state index contributed by atoms with van der Waals surface area (Å²) in [6.45, 7) is 12.9. The zero-order valence-electron chi connectivity index (χ0n) is 39.4. The molecule has 0 radical (unpaired) electrons. The van der Waals surface area contributed by atoms with E-state index in [0.29, 0.717) is 19.3 Å². The van der Waals surface area contributed by atoms with Crippen molar-refractivity contribution in [3.8, 4) is 0 Å². The van der Waals surface area contributed by atoms with E-state index in [1.54, 1.807) is 18.2 Å². The summed E-state index contributed by atoms with van der Waals surface area (Å²) in [5.41, 5.74) is -0.186. The number of benzene rings is 3. The third kappa shape index (κ3) is 8.34. The number of allylic oxidation sites excluding steroid dienone is 2. The lowest BCUT2D eigenvalue weighted by Gasteiger charge is -2.72. The Morgan fingerprint density at radius 1 is 0.621 bits per heavy atom. The van der Waals surface area contributed by atoms with Crippen molar-refractivity contribution in [2.24, 2.45) is 50.2 Å². The predicted molar refractivity (Wildman–Crippen MR) is 256 cm³/mol. The number of ether oxygens (including phenoxy) is 3. The Bertz CT molecular complexity index is 2370. The molecule has 5 aliphatic rings. The molecule has 0 aliphatic heterocycles. The van der Waals surface area contributed by atoms with E-state index in [9.17, 15) is 29.7 Å². The first kappa shape index (κ1) is 47.4. The van der Waals surface area contributed by atoms with Crippen molar-refractivity contribution in [2.75, 3.05) is 13.2 Å². The first-order valence-corrected chi connectivity index (χ1v) is 23.9. The smallest absolute Gasteiger partial charge is 0.331 e. The first-order valence-electron chi connectivity index (χ1n) is 23.9. The van der Waals surface area contributed by atoms with Gasteiger partial charge in [-0.3, -0.25) is 0 Å². The van der Waals surface area contributed by atoms with E-state index in [-0.39, 0.29) is 35.9 Å². The summed E-state index contributed by atoms with van der Waals surface area (Å²) in [4.78, 5) is 40.6. The molecular weight excluding hydrogens is 829 g/mol. The van der Waals surface area contributed by atoms with Crippen LogP contribution in [-0.4, -0.2) is 70.9 Å². The fraction of sp³-hybridized carbons (Fsp3) is 0.491. The van der Waals surface area contributed by atoms with Crippen molar-refractivity contribution in [3.05, 3.63) is 138 Å². The highest BCUT2D eigenvalue weighted by Gasteiger charge is 2.73. The summed E-state index contributed by atoms with van der Waals surface area (Å²) in [5.74, 6) is -1.90. The normalized spacial score (nSPS) is 36.9. The zero-order valence-corrected chi connectivity index (χ0v) is 39.4. The number of carbonyl (C=O) groups excluding carboxylic acids is 3. The lowest BCUT2D eigenvalue weighted by atomic mass is 9.33. The molecule has 0 bridgehead atoms. The van der Waals surface area contributed by atoms with Crippen LogP contribution < -0.4 is 0 Å². The molecule has 0 heterocycles. The van der Waals surface area contributed by atoms with Crippen molar-refractivity contribution in [1.29, 1.82) is 0 Å². The van der Waals surface area contributed by atoms with E-state index >= 15 is 0 Å². The second kappa shape index (κ2) is 18.2. The first-order chi connectivity index (χ1) is 31.4. The molecule has 0 aromatic heterocycles. The quantitative estimate of drug-likeness (QED) is 0.0743. The molecule has 9 heteroatoms. The molecule has 0 saturated heterocycles. The average Bonchev–Trinajstić information content (AvgIpc) is 3.30. The molecule has 0 spiro atoms. The minimum atomic E-state index is -1.37. The summed E-state index contributed by atoms with van der Waals surface area (Å²) >= 11 is 0. The summed E-state index contributed by atoms with van der Waals surface area (Å²) in [7, 11) is 0. The Hall–Kier alpha value is -5.09. The molecule has 66 heavy (non-hydrogen) atoms. The highest BCUT2D eigenvalue weighted by molar-refractivity contribution is 5.88. The molecule has 3 unspecified atom stereocenters. The van der Waals surface area contributed by atoms with E-state index in [1.165, 1.54) is 18.2 Å². The maximum Gasteiger partial charge on any atom is 0.331 e. The number of hydrogen-bond donors (Lipinski definition) is 3. The van der Waals surface area contributed by atoms with Crippen LogP contribution in [0.15, 0.2) is 121 Å². The van der Waals surface area contributed by atoms with Gasteiger partial charge >= 0.3 is 17.9 Å². The monoisotopic (exact) mass is 896 g/mol. The summed E-state index contributed by atoms with van der Waals surface area (Å²) < 4.78 is 18.5. The molecule has 4 saturated carbocycles. The molecule has 350 valence electrons. The second-order valence-corrected chi connectivity index (χ2v) is 21.7. The van der Waals surface area contributed by atoms with Gasteiger partial charge in [-0.05, 0) is 119 Å². The number of carbonyl (C=O) groups is 3. The summed E-state index contributed by atoms with van der Waals surface area (Å²) in [6, 6.07) is 28.5. The molecule has 5 aliphatic carbocycles. The van der Waals surface area contributed by atoms with Gasteiger partial charge in [0.25, 0.3) is 0 Å². The van der Waals surface area contributed by atoms with E-state index in [4.69, 9.17) is 14.2 Å². The number of aliphatic hydroxyl groups is 3. The fourth-order valence-electron chi connectivity index (χ4n) is 13.9. The standard InChI is InChI=1S/C57H68O9/c1-52(2)34-42-41-25-26-44-53(3)32-31-45(58)54(4,36-64-47(60)27-22-38-16-10-7-11-17-38)43(53)30-33-55(44,5)56(41,6)35-46(59)57(42,37-65-48(61)28-23-39-18-12-8-13-19-39)51(50(52)63)66-49(62)29-24-40-20-14-9-15-21-40/h7-25,27-29,42-46,50-51,58-59,63H,26,30-37H2,1-6H3/t42?,43?,44?,45-,46+,50-,51-,53-,54+,55+,56+,57-/m0/s1. The molecule has 3 aromatic carbocycles. The number of rotatable bonds is 11. The van der Waals surface area contributed by atoms with Gasteiger partial charge in [-0.2, -0.15) is 0 Å². The molecule has 8 rings (SSSR count).